The van der Waals surface area contributed by atoms with Crippen molar-refractivity contribution in [1.29, 1.82) is 0 Å². The number of hydrogen-bond acceptors (Lipinski definition) is 8. The SMILES string of the molecule is COc1ccncc1-c1ccc2c(c1)c(Nc1nc3cc(CN4CCOCC4)ccc3n1C1CCCCC1)nn2COCC[Si](C)(C)C. The first-order valence-corrected chi connectivity index (χ1v) is 21.2. The maximum absolute atomic E-state index is 6.21. The first-order valence-electron chi connectivity index (χ1n) is 17.5. The van der Waals surface area contributed by atoms with Gasteiger partial charge in [0.05, 0.1) is 36.9 Å². The molecule has 2 aromatic carbocycles. The highest BCUT2D eigenvalue weighted by Gasteiger charge is 2.24. The molecule has 10 nitrogen and oxygen atoms in total. The van der Waals surface area contributed by atoms with E-state index < -0.39 is 8.07 Å². The van der Waals surface area contributed by atoms with Crippen LogP contribution in [0, 0.1) is 0 Å². The van der Waals surface area contributed by atoms with E-state index in [1.807, 2.05) is 16.9 Å². The van der Waals surface area contributed by atoms with Crippen LogP contribution >= 0.6 is 0 Å². The zero-order chi connectivity index (χ0) is 33.1. The largest absolute Gasteiger partial charge is 0.496 e. The van der Waals surface area contributed by atoms with E-state index in [1.165, 1.54) is 30.3 Å². The van der Waals surface area contributed by atoms with Crippen molar-refractivity contribution in [3.63, 3.8) is 0 Å². The molecule has 2 fully saturated rings. The normalized spacial score (nSPS) is 16.6. The van der Waals surface area contributed by atoms with Gasteiger partial charge in [0.2, 0.25) is 5.95 Å². The van der Waals surface area contributed by atoms with Crippen LogP contribution in [0.25, 0.3) is 33.1 Å². The number of fused-ring (bicyclic) bond motifs is 2. The monoisotopic (exact) mass is 667 g/mol. The van der Waals surface area contributed by atoms with Crippen LogP contribution in [0.3, 0.4) is 0 Å². The lowest BCUT2D eigenvalue weighted by atomic mass is 9.95. The molecule has 0 amide bonds. The van der Waals surface area contributed by atoms with E-state index >= 15 is 0 Å². The average molecular weight is 668 g/mol. The highest BCUT2D eigenvalue weighted by atomic mass is 28.3. The van der Waals surface area contributed by atoms with Gasteiger partial charge in [0.15, 0.2) is 5.82 Å². The van der Waals surface area contributed by atoms with E-state index in [1.54, 1.807) is 13.3 Å². The smallest absolute Gasteiger partial charge is 0.209 e. The fourth-order valence-electron chi connectivity index (χ4n) is 7.01. The second kappa shape index (κ2) is 14.4. The van der Waals surface area contributed by atoms with Gasteiger partial charge in [0.25, 0.3) is 0 Å². The minimum absolute atomic E-state index is 0.391. The van der Waals surface area contributed by atoms with Gasteiger partial charge in [-0.25, -0.2) is 9.67 Å². The number of benzene rings is 2. The molecular formula is C37H49N7O3Si. The minimum atomic E-state index is -1.21. The Hall–Kier alpha value is -3.77. The Morgan fingerprint density at radius 3 is 2.58 bits per heavy atom. The van der Waals surface area contributed by atoms with Crippen LogP contribution in [0.4, 0.5) is 11.8 Å². The van der Waals surface area contributed by atoms with Crippen molar-refractivity contribution in [3.8, 4) is 16.9 Å². The molecule has 254 valence electrons. The summed E-state index contributed by atoms with van der Waals surface area (Å²) in [5.41, 5.74) is 6.44. The molecule has 0 unspecified atom stereocenters. The number of nitrogens with zero attached hydrogens (tertiary/aromatic N) is 6. The van der Waals surface area contributed by atoms with Gasteiger partial charge < -0.3 is 24.1 Å². The summed E-state index contributed by atoms with van der Waals surface area (Å²) in [6.45, 7) is 12.7. The van der Waals surface area contributed by atoms with Crippen LogP contribution in [-0.4, -0.2) is 77.3 Å². The maximum Gasteiger partial charge on any atom is 0.209 e. The molecule has 1 aliphatic carbocycles. The average Bonchev–Trinajstić information content (AvgIpc) is 3.63. The highest BCUT2D eigenvalue weighted by molar-refractivity contribution is 6.76. The standard InChI is InChI=1S/C37H49N7O3Si/c1-45-35-14-15-38-24-31(35)28-11-13-33-30(23-28)36(41-43(33)26-47-20-21-48(2,3)4)40-37-39-32-22-27(25-42-16-18-46-19-17-42)10-12-34(32)44(37)29-8-6-5-7-9-29/h10-15,22-24,29H,5-9,16-21,25-26H2,1-4H3,(H,39,40,41). The fourth-order valence-corrected chi connectivity index (χ4v) is 7.76. The Kier molecular flexibility index (Phi) is 9.81. The summed E-state index contributed by atoms with van der Waals surface area (Å²) in [5.74, 6) is 2.40. The number of anilines is 2. The zero-order valence-corrected chi connectivity index (χ0v) is 29.9. The van der Waals surface area contributed by atoms with Gasteiger partial charge in [0, 0.05) is 63.7 Å². The summed E-state index contributed by atoms with van der Waals surface area (Å²) in [4.78, 5) is 12.1. The van der Waals surface area contributed by atoms with E-state index in [0.717, 1.165) is 103 Å². The Bertz CT molecular complexity index is 1850. The van der Waals surface area contributed by atoms with Crippen LogP contribution < -0.4 is 10.1 Å². The van der Waals surface area contributed by atoms with Gasteiger partial charge >= 0.3 is 0 Å². The molecular weight excluding hydrogens is 619 g/mol. The maximum atomic E-state index is 6.21. The molecule has 0 radical (unpaired) electrons. The molecule has 1 N–H and O–H groups in total. The predicted octanol–water partition coefficient (Wildman–Crippen LogP) is 7.85. The van der Waals surface area contributed by atoms with Gasteiger partial charge in [-0.05, 0) is 60.3 Å². The number of aromatic nitrogens is 5. The molecule has 11 heteroatoms. The number of pyridine rings is 1. The number of imidazole rings is 1. The number of rotatable bonds is 12. The topological polar surface area (TPSA) is 91.5 Å². The second-order valence-corrected chi connectivity index (χ2v) is 20.1. The Morgan fingerprint density at radius 1 is 0.979 bits per heavy atom. The minimum Gasteiger partial charge on any atom is -0.496 e. The van der Waals surface area contributed by atoms with E-state index in [0.29, 0.717) is 12.8 Å². The molecule has 1 saturated carbocycles. The third-order valence-corrected chi connectivity index (χ3v) is 11.4. The van der Waals surface area contributed by atoms with Crippen molar-refractivity contribution in [2.24, 2.45) is 0 Å². The quantitative estimate of drug-likeness (QED) is 0.106. The molecule has 1 saturated heterocycles. The first kappa shape index (κ1) is 32.8. The van der Waals surface area contributed by atoms with E-state index in [-0.39, 0.29) is 0 Å². The molecule has 2 aliphatic rings. The van der Waals surface area contributed by atoms with Gasteiger partial charge in [-0.15, -0.1) is 0 Å². The Balaban J connectivity index is 1.27. The van der Waals surface area contributed by atoms with E-state index in [4.69, 9.17) is 24.3 Å². The van der Waals surface area contributed by atoms with Crippen LogP contribution in [0.1, 0.15) is 43.7 Å². The Labute approximate surface area is 284 Å². The summed E-state index contributed by atoms with van der Waals surface area (Å²) in [7, 11) is 0.487. The third-order valence-electron chi connectivity index (χ3n) is 9.71. The molecule has 4 heterocycles. The third kappa shape index (κ3) is 7.29. The molecule has 0 atom stereocenters. The number of methoxy groups -OCH3 is 1. The van der Waals surface area contributed by atoms with Crippen LogP contribution in [0.2, 0.25) is 25.7 Å². The molecule has 1 aliphatic heterocycles. The molecule has 3 aromatic heterocycles. The lowest BCUT2D eigenvalue weighted by molar-refractivity contribution is 0.0342. The lowest BCUT2D eigenvalue weighted by Crippen LogP contribution is -2.35. The van der Waals surface area contributed by atoms with Crippen molar-refractivity contribution in [1.82, 2.24) is 29.2 Å². The van der Waals surface area contributed by atoms with Gasteiger partial charge in [-0.3, -0.25) is 9.88 Å². The summed E-state index contributed by atoms with van der Waals surface area (Å²) in [6, 6.07) is 16.6. The predicted molar refractivity (Wildman–Crippen MR) is 195 cm³/mol. The van der Waals surface area contributed by atoms with E-state index in [9.17, 15) is 0 Å². The first-order chi connectivity index (χ1) is 23.4. The van der Waals surface area contributed by atoms with Crippen molar-refractivity contribution in [3.05, 3.63) is 60.4 Å². The molecule has 0 spiro atoms. The number of morpholine rings is 1. The molecule has 5 aromatic rings. The van der Waals surface area contributed by atoms with Gasteiger partial charge in [0.1, 0.15) is 12.5 Å². The van der Waals surface area contributed by atoms with E-state index in [2.05, 4.69) is 75.8 Å². The van der Waals surface area contributed by atoms with Crippen molar-refractivity contribution in [2.45, 2.75) is 77.1 Å². The van der Waals surface area contributed by atoms with Gasteiger partial charge in [-0.2, -0.15) is 5.10 Å². The molecule has 0 bridgehead atoms. The lowest BCUT2D eigenvalue weighted by Gasteiger charge is -2.27. The second-order valence-electron chi connectivity index (χ2n) is 14.4. The summed E-state index contributed by atoms with van der Waals surface area (Å²) in [5, 5.41) is 9.87. The fraction of sp³-hybridized carbons (Fsp3) is 0.486. The molecule has 48 heavy (non-hydrogen) atoms. The van der Waals surface area contributed by atoms with Crippen molar-refractivity contribution < 1.29 is 14.2 Å². The van der Waals surface area contributed by atoms with Crippen LogP contribution in [0.15, 0.2) is 54.9 Å². The highest BCUT2D eigenvalue weighted by Crippen LogP contribution is 2.38. The van der Waals surface area contributed by atoms with Crippen LogP contribution in [-0.2, 0) is 22.7 Å². The number of hydrogen-bond donors (Lipinski definition) is 1. The molecule has 7 rings (SSSR count). The number of ether oxygens (including phenoxy) is 3. The van der Waals surface area contributed by atoms with Crippen molar-refractivity contribution >= 4 is 41.8 Å². The zero-order valence-electron chi connectivity index (χ0n) is 28.9. The van der Waals surface area contributed by atoms with Crippen LogP contribution in [0.5, 0.6) is 5.75 Å². The summed E-state index contributed by atoms with van der Waals surface area (Å²) in [6.07, 6.45) is 9.69. The number of nitrogens with one attached hydrogen (secondary N) is 1. The summed E-state index contributed by atoms with van der Waals surface area (Å²) < 4.78 is 21.9. The Morgan fingerprint density at radius 2 is 1.79 bits per heavy atom. The van der Waals surface area contributed by atoms with Crippen molar-refractivity contribution in [2.75, 3.05) is 45.3 Å². The van der Waals surface area contributed by atoms with Gasteiger partial charge in [-0.1, -0.05) is 51.0 Å². The summed E-state index contributed by atoms with van der Waals surface area (Å²) >= 11 is 0.